The number of hydrogen-bond acceptors (Lipinski definition) is 5. The number of nitrogens with zero attached hydrogens (tertiary/aromatic N) is 3. The van der Waals surface area contributed by atoms with Crippen molar-refractivity contribution in [3.05, 3.63) is 65.7 Å². The molecule has 0 fully saturated rings. The number of nitrogens with one attached hydrogen (secondary N) is 1. The molecule has 0 aliphatic heterocycles. The summed E-state index contributed by atoms with van der Waals surface area (Å²) in [6.07, 6.45) is 0.383. The van der Waals surface area contributed by atoms with Crippen LogP contribution in [0.1, 0.15) is 16.2 Å². The first-order chi connectivity index (χ1) is 14.0. The van der Waals surface area contributed by atoms with Crippen LogP contribution in [0.2, 0.25) is 0 Å². The number of rotatable bonds is 6. The molecule has 0 bridgehead atoms. The number of halogens is 1. The molecule has 0 atom stereocenters. The van der Waals surface area contributed by atoms with E-state index in [0.717, 1.165) is 16.7 Å². The van der Waals surface area contributed by atoms with E-state index in [4.69, 9.17) is 9.26 Å². The van der Waals surface area contributed by atoms with Crippen LogP contribution >= 0.6 is 0 Å². The predicted molar refractivity (Wildman–Crippen MR) is 105 cm³/mol. The molecule has 1 amide bonds. The highest BCUT2D eigenvalue weighted by Crippen LogP contribution is 2.26. The molecule has 2 aromatic carbocycles. The Labute approximate surface area is 166 Å². The van der Waals surface area contributed by atoms with Crippen molar-refractivity contribution in [3.8, 4) is 17.3 Å². The second-order valence-corrected chi connectivity index (χ2v) is 6.61. The smallest absolute Gasteiger partial charge is 0.274 e. The van der Waals surface area contributed by atoms with Gasteiger partial charge in [0.25, 0.3) is 11.8 Å². The lowest BCUT2D eigenvalue weighted by Crippen LogP contribution is -2.29. The molecule has 0 saturated heterocycles. The fraction of sp³-hybridized carbons (Fsp3) is 0.190. The number of amides is 1. The molecule has 2 heterocycles. The van der Waals surface area contributed by atoms with Gasteiger partial charge in [0.15, 0.2) is 5.82 Å². The number of aromatic amines is 1. The van der Waals surface area contributed by atoms with Crippen molar-refractivity contribution >= 4 is 16.8 Å². The summed E-state index contributed by atoms with van der Waals surface area (Å²) in [5.41, 5.74) is 1.63. The standard InChI is InChI=1S/C21H19FN4O3/c1-26(21(27)15-5-3-4-6-16(15)22)10-9-19-24-20(29-25-19)18-11-13-7-8-14(28-2)12-17(13)23-18/h3-8,11-12,23H,9-10H2,1-2H3. The molecule has 1 N–H and O–H groups in total. The van der Waals surface area contributed by atoms with Crippen molar-refractivity contribution in [3.63, 3.8) is 0 Å². The zero-order chi connectivity index (χ0) is 20.4. The molecular formula is C21H19FN4O3. The van der Waals surface area contributed by atoms with Crippen LogP contribution < -0.4 is 4.74 Å². The molecule has 4 rings (SSSR count). The number of hydrogen-bond donors (Lipinski definition) is 1. The predicted octanol–water partition coefficient (Wildman–Crippen LogP) is 3.68. The Morgan fingerprint density at radius 2 is 2.07 bits per heavy atom. The SMILES string of the molecule is COc1ccc2cc(-c3nc(CCN(C)C(=O)c4ccccc4F)no3)[nH]c2c1. The zero-order valence-electron chi connectivity index (χ0n) is 16.0. The number of ether oxygens (including phenoxy) is 1. The van der Waals surface area contributed by atoms with Gasteiger partial charge in [-0.3, -0.25) is 4.79 Å². The van der Waals surface area contributed by atoms with Crippen LogP contribution in [0.5, 0.6) is 5.75 Å². The lowest BCUT2D eigenvalue weighted by molar-refractivity contribution is 0.0791. The monoisotopic (exact) mass is 394 g/mol. The van der Waals surface area contributed by atoms with Gasteiger partial charge in [0, 0.05) is 37.0 Å². The molecule has 0 saturated carbocycles. The Morgan fingerprint density at radius 3 is 2.86 bits per heavy atom. The summed E-state index contributed by atoms with van der Waals surface area (Å²) < 4.78 is 24.4. The molecule has 4 aromatic rings. The van der Waals surface area contributed by atoms with Gasteiger partial charge >= 0.3 is 0 Å². The summed E-state index contributed by atoms with van der Waals surface area (Å²) in [5.74, 6) is 0.639. The first kappa shape index (κ1) is 18.7. The largest absolute Gasteiger partial charge is 0.497 e. The number of carbonyl (C=O) groups is 1. The molecule has 0 aliphatic rings. The number of methoxy groups -OCH3 is 1. The van der Waals surface area contributed by atoms with Crippen molar-refractivity contribution in [1.82, 2.24) is 20.0 Å². The van der Waals surface area contributed by atoms with E-state index in [9.17, 15) is 9.18 Å². The minimum Gasteiger partial charge on any atom is -0.497 e. The Morgan fingerprint density at radius 1 is 1.24 bits per heavy atom. The van der Waals surface area contributed by atoms with Crippen LogP contribution in [0, 0.1) is 5.82 Å². The second-order valence-electron chi connectivity index (χ2n) is 6.61. The molecule has 29 heavy (non-hydrogen) atoms. The zero-order valence-corrected chi connectivity index (χ0v) is 16.0. The quantitative estimate of drug-likeness (QED) is 0.539. The number of fused-ring (bicyclic) bond motifs is 1. The molecule has 0 radical (unpaired) electrons. The van der Waals surface area contributed by atoms with E-state index in [1.54, 1.807) is 26.3 Å². The van der Waals surface area contributed by atoms with E-state index < -0.39 is 11.7 Å². The summed E-state index contributed by atoms with van der Waals surface area (Å²) in [6, 6.07) is 13.5. The summed E-state index contributed by atoms with van der Waals surface area (Å²) in [7, 11) is 3.23. The van der Waals surface area contributed by atoms with E-state index >= 15 is 0 Å². The Hall–Kier alpha value is -3.68. The molecular weight excluding hydrogens is 375 g/mol. The Bertz CT molecular complexity index is 1170. The van der Waals surface area contributed by atoms with Gasteiger partial charge in [-0.05, 0) is 30.3 Å². The summed E-state index contributed by atoms with van der Waals surface area (Å²) in [6.45, 7) is 0.329. The summed E-state index contributed by atoms with van der Waals surface area (Å²) in [4.78, 5) is 21.4. The molecule has 148 valence electrons. The van der Waals surface area contributed by atoms with Gasteiger partial charge in [0.05, 0.1) is 12.7 Å². The van der Waals surface area contributed by atoms with Crippen molar-refractivity contribution < 1.29 is 18.4 Å². The second kappa shape index (κ2) is 7.75. The Balaban J connectivity index is 1.44. The van der Waals surface area contributed by atoms with Crippen LogP contribution in [0.4, 0.5) is 4.39 Å². The van der Waals surface area contributed by atoms with E-state index in [1.165, 1.54) is 17.0 Å². The van der Waals surface area contributed by atoms with Gasteiger partial charge in [0.2, 0.25) is 0 Å². The average Bonchev–Trinajstić information content (AvgIpc) is 3.38. The number of carbonyl (C=O) groups excluding carboxylic acids is 1. The highest BCUT2D eigenvalue weighted by atomic mass is 19.1. The van der Waals surface area contributed by atoms with Crippen LogP contribution in [0.3, 0.4) is 0 Å². The van der Waals surface area contributed by atoms with Crippen molar-refractivity contribution in [2.24, 2.45) is 0 Å². The van der Waals surface area contributed by atoms with Gasteiger partial charge in [-0.1, -0.05) is 17.3 Å². The minimum absolute atomic E-state index is 0.0392. The lowest BCUT2D eigenvalue weighted by Gasteiger charge is -2.16. The number of likely N-dealkylation sites (N-methyl/N-ethyl adjacent to an activating group) is 1. The van der Waals surface area contributed by atoms with E-state index in [1.807, 2.05) is 24.3 Å². The van der Waals surface area contributed by atoms with Gasteiger partial charge in [-0.15, -0.1) is 0 Å². The van der Waals surface area contributed by atoms with Crippen LogP contribution in [0.15, 0.2) is 53.1 Å². The Kier molecular flexibility index (Phi) is 4.99. The lowest BCUT2D eigenvalue weighted by atomic mass is 10.2. The number of aromatic nitrogens is 3. The third-order valence-corrected chi connectivity index (χ3v) is 4.65. The highest BCUT2D eigenvalue weighted by Gasteiger charge is 2.17. The molecule has 7 nitrogen and oxygen atoms in total. The summed E-state index contributed by atoms with van der Waals surface area (Å²) >= 11 is 0. The van der Waals surface area contributed by atoms with Gasteiger partial charge < -0.3 is 19.1 Å². The fourth-order valence-corrected chi connectivity index (χ4v) is 3.02. The maximum atomic E-state index is 13.8. The number of H-pyrrole nitrogens is 1. The van der Waals surface area contributed by atoms with E-state index in [0.29, 0.717) is 30.4 Å². The third kappa shape index (κ3) is 3.82. The molecule has 0 unspecified atom stereocenters. The minimum atomic E-state index is -0.540. The molecule has 2 aromatic heterocycles. The highest BCUT2D eigenvalue weighted by molar-refractivity contribution is 5.94. The molecule has 8 heteroatoms. The van der Waals surface area contributed by atoms with Crippen molar-refractivity contribution in [2.75, 3.05) is 20.7 Å². The van der Waals surface area contributed by atoms with Crippen LogP contribution in [-0.2, 0) is 6.42 Å². The maximum absolute atomic E-state index is 13.8. The number of benzene rings is 2. The first-order valence-corrected chi connectivity index (χ1v) is 9.05. The summed E-state index contributed by atoms with van der Waals surface area (Å²) in [5, 5.41) is 4.97. The fourth-order valence-electron chi connectivity index (χ4n) is 3.02. The first-order valence-electron chi connectivity index (χ1n) is 9.05. The normalized spacial score (nSPS) is 11.0. The maximum Gasteiger partial charge on any atom is 0.274 e. The van der Waals surface area contributed by atoms with E-state index in [2.05, 4.69) is 15.1 Å². The average molecular weight is 394 g/mol. The van der Waals surface area contributed by atoms with Crippen molar-refractivity contribution in [1.29, 1.82) is 0 Å². The van der Waals surface area contributed by atoms with E-state index in [-0.39, 0.29) is 5.56 Å². The molecule has 0 aliphatic carbocycles. The van der Waals surface area contributed by atoms with Crippen molar-refractivity contribution in [2.45, 2.75) is 6.42 Å². The molecule has 0 spiro atoms. The van der Waals surface area contributed by atoms with Crippen LogP contribution in [0.25, 0.3) is 22.5 Å². The topological polar surface area (TPSA) is 84.2 Å². The van der Waals surface area contributed by atoms with Crippen LogP contribution in [-0.4, -0.2) is 46.6 Å². The van der Waals surface area contributed by atoms with Gasteiger partial charge in [-0.2, -0.15) is 4.98 Å². The van der Waals surface area contributed by atoms with Gasteiger partial charge in [0.1, 0.15) is 17.3 Å². The van der Waals surface area contributed by atoms with Gasteiger partial charge in [-0.25, -0.2) is 4.39 Å². The third-order valence-electron chi connectivity index (χ3n) is 4.65.